The van der Waals surface area contributed by atoms with Gasteiger partial charge in [0.15, 0.2) is 11.5 Å². The first-order valence-electron chi connectivity index (χ1n) is 11.2. The fourth-order valence-electron chi connectivity index (χ4n) is 4.61. The molecule has 2 aliphatic heterocycles. The van der Waals surface area contributed by atoms with E-state index in [4.69, 9.17) is 9.47 Å². The van der Waals surface area contributed by atoms with Crippen molar-refractivity contribution >= 4 is 15.9 Å². The van der Waals surface area contributed by atoms with Gasteiger partial charge in [0.25, 0.3) is 0 Å². The smallest absolute Gasteiger partial charge is 0.243 e. The highest BCUT2D eigenvalue weighted by Gasteiger charge is 2.33. The summed E-state index contributed by atoms with van der Waals surface area (Å²) in [5.74, 6) is 1.03. The molecule has 0 radical (unpaired) electrons. The topological polar surface area (TPSA) is 84.9 Å². The van der Waals surface area contributed by atoms with Crippen LogP contribution in [0, 0.1) is 5.92 Å². The van der Waals surface area contributed by atoms with Crippen molar-refractivity contribution in [1.29, 1.82) is 0 Å². The summed E-state index contributed by atoms with van der Waals surface area (Å²) in [5, 5.41) is 3.24. The minimum absolute atomic E-state index is 0.0944. The summed E-state index contributed by atoms with van der Waals surface area (Å²) >= 11 is 0. The summed E-state index contributed by atoms with van der Waals surface area (Å²) in [5.41, 5.74) is 0. The van der Waals surface area contributed by atoms with Gasteiger partial charge in [-0.1, -0.05) is 32.1 Å². The van der Waals surface area contributed by atoms with Crippen molar-refractivity contribution in [2.45, 2.75) is 68.7 Å². The van der Waals surface area contributed by atoms with E-state index >= 15 is 0 Å². The number of hydrogen-bond donors (Lipinski definition) is 1. The van der Waals surface area contributed by atoms with Gasteiger partial charge in [-0.25, -0.2) is 8.42 Å². The van der Waals surface area contributed by atoms with Crippen LogP contribution in [-0.4, -0.2) is 51.0 Å². The fraction of sp³-hybridized carbons (Fsp3) is 0.682. The molecule has 7 nitrogen and oxygen atoms in total. The Morgan fingerprint density at radius 3 is 2.23 bits per heavy atom. The summed E-state index contributed by atoms with van der Waals surface area (Å²) in [7, 11) is -3.61. The van der Waals surface area contributed by atoms with Crippen LogP contribution in [0.3, 0.4) is 0 Å². The van der Waals surface area contributed by atoms with Crippen molar-refractivity contribution in [3.8, 4) is 11.5 Å². The molecular formula is C22H32N2O5S. The monoisotopic (exact) mass is 436 g/mol. The van der Waals surface area contributed by atoms with Gasteiger partial charge in [-0.05, 0) is 37.8 Å². The average molecular weight is 437 g/mol. The molecule has 0 spiro atoms. The molecule has 30 heavy (non-hydrogen) atoms. The second-order valence-electron chi connectivity index (χ2n) is 8.53. The molecule has 0 bridgehead atoms. The van der Waals surface area contributed by atoms with Gasteiger partial charge in [-0.2, -0.15) is 4.31 Å². The molecule has 1 aromatic carbocycles. The Bertz CT molecular complexity index is 841. The SMILES string of the molecule is O=C(NC1CCCCCCC1)C1CCN(S(=O)(=O)c2ccc3c(c2)OCCO3)CC1. The number of piperidine rings is 1. The third-order valence-corrected chi connectivity index (χ3v) is 8.32. The summed E-state index contributed by atoms with van der Waals surface area (Å²) < 4.78 is 38.6. The number of ether oxygens (including phenoxy) is 2. The normalized spacial score (nSPS) is 22.1. The Balaban J connectivity index is 1.33. The lowest BCUT2D eigenvalue weighted by Gasteiger charge is -2.32. The van der Waals surface area contributed by atoms with E-state index in [1.54, 1.807) is 12.1 Å². The quantitative estimate of drug-likeness (QED) is 0.784. The number of carbonyl (C=O) groups excluding carboxylic acids is 1. The Hall–Kier alpha value is -1.80. The molecule has 1 saturated heterocycles. The number of fused-ring (bicyclic) bond motifs is 1. The molecule has 1 aliphatic carbocycles. The van der Waals surface area contributed by atoms with Gasteiger partial charge < -0.3 is 14.8 Å². The number of nitrogens with zero attached hydrogens (tertiary/aromatic N) is 1. The molecule has 166 valence electrons. The van der Waals surface area contributed by atoms with Crippen LogP contribution in [0.1, 0.15) is 57.8 Å². The molecule has 4 rings (SSSR count). The maximum absolute atomic E-state index is 13.1. The number of nitrogens with one attached hydrogen (secondary N) is 1. The number of rotatable bonds is 4. The lowest BCUT2D eigenvalue weighted by atomic mass is 9.94. The fourth-order valence-corrected chi connectivity index (χ4v) is 6.10. The van der Waals surface area contributed by atoms with Crippen LogP contribution in [0.15, 0.2) is 23.1 Å². The van der Waals surface area contributed by atoms with Crippen LogP contribution in [0.2, 0.25) is 0 Å². The van der Waals surface area contributed by atoms with Crippen LogP contribution < -0.4 is 14.8 Å². The summed E-state index contributed by atoms with van der Waals surface area (Å²) in [6, 6.07) is 5.03. The largest absolute Gasteiger partial charge is 0.486 e. The molecule has 3 aliphatic rings. The van der Waals surface area contributed by atoms with E-state index in [1.165, 1.54) is 42.5 Å². The first kappa shape index (κ1) is 21.4. The Labute approximate surface area is 179 Å². The molecular weight excluding hydrogens is 404 g/mol. The first-order chi connectivity index (χ1) is 14.5. The summed E-state index contributed by atoms with van der Waals surface area (Å²) in [4.78, 5) is 13.0. The Morgan fingerprint density at radius 1 is 0.900 bits per heavy atom. The second-order valence-corrected chi connectivity index (χ2v) is 10.5. The molecule has 0 aromatic heterocycles. The standard InChI is InChI=1S/C22H32N2O5S/c25-22(23-18-6-4-2-1-3-5-7-18)17-10-12-24(13-11-17)30(26,27)19-8-9-20-21(16-19)29-15-14-28-20/h8-9,16-18H,1-7,10-15H2,(H,23,25). The predicted octanol–water partition coefficient (Wildman–Crippen LogP) is 3.09. The van der Waals surface area contributed by atoms with Crippen molar-refractivity contribution in [2.75, 3.05) is 26.3 Å². The Morgan fingerprint density at radius 2 is 1.53 bits per heavy atom. The number of sulfonamides is 1. The maximum atomic E-state index is 13.1. The number of hydrogen-bond acceptors (Lipinski definition) is 5. The van der Waals surface area contributed by atoms with Gasteiger partial charge >= 0.3 is 0 Å². The van der Waals surface area contributed by atoms with Gasteiger partial charge in [0.05, 0.1) is 4.90 Å². The van der Waals surface area contributed by atoms with Crippen molar-refractivity contribution in [3.63, 3.8) is 0 Å². The van der Waals surface area contributed by atoms with Crippen LogP contribution >= 0.6 is 0 Å². The number of benzene rings is 1. The van der Waals surface area contributed by atoms with E-state index in [0.717, 1.165) is 12.8 Å². The van der Waals surface area contributed by atoms with Gasteiger partial charge in [0, 0.05) is 31.1 Å². The third-order valence-electron chi connectivity index (χ3n) is 6.43. The highest BCUT2D eigenvalue weighted by atomic mass is 32.2. The third kappa shape index (κ3) is 4.91. The van der Waals surface area contributed by atoms with Crippen molar-refractivity contribution in [3.05, 3.63) is 18.2 Å². The van der Waals surface area contributed by atoms with Gasteiger partial charge in [0.1, 0.15) is 13.2 Å². The van der Waals surface area contributed by atoms with E-state index in [-0.39, 0.29) is 22.8 Å². The zero-order valence-corrected chi connectivity index (χ0v) is 18.3. The van der Waals surface area contributed by atoms with Crippen LogP contribution in [0.5, 0.6) is 11.5 Å². The average Bonchev–Trinajstić information content (AvgIpc) is 2.75. The number of carbonyl (C=O) groups is 1. The molecule has 0 unspecified atom stereocenters. The lowest BCUT2D eigenvalue weighted by Crippen LogP contribution is -2.45. The van der Waals surface area contributed by atoms with Crippen LogP contribution in [-0.2, 0) is 14.8 Å². The molecule has 0 atom stereocenters. The zero-order chi connectivity index (χ0) is 21.0. The minimum atomic E-state index is -3.61. The summed E-state index contributed by atoms with van der Waals surface area (Å²) in [6.45, 7) is 1.60. The van der Waals surface area contributed by atoms with E-state index in [2.05, 4.69) is 5.32 Å². The Kier molecular flexibility index (Phi) is 6.83. The van der Waals surface area contributed by atoms with Gasteiger partial charge in [-0.15, -0.1) is 0 Å². The van der Waals surface area contributed by atoms with Gasteiger partial charge in [0.2, 0.25) is 15.9 Å². The molecule has 1 aromatic rings. The van der Waals surface area contributed by atoms with Crippen molar-refractivity contribution in [1.82, 2.24) is 9.62 Å². The highest BCUT2D eigenvalue weighted by Crippen LogP contribution is 2.34. The van der Waals surface area contributed by atoms with Crippen molar-refractivity contribution < 1.29 is 22.7 Å². The molecule has 2 heterocycles. The predicted molar refractivity (Wildman–Crippen MR) is 113 cm³/mol. The molecule has 8 heteroatoms. The zero-order valence-electron chi connectivity index (χ0n) is 17.5. The van der Waals surface area contributed by atoms with E-state index in [9.17, 15) is 13.2 Å². The van der Waals surface area contributed by atoms with E-state index in [0.29, 0.717) is 50.6 Å². The maximum Gasteiger partial charge on any atom is 0.243 e. The highest BCUT2D eigenvalue weighted by molar-refractivity contribution is 7.89. The van der Waals surface area contributed by atoms with Gasteiger partial charge in [-0.3, -0.25) is 4.79 Å². The van der Waals surface area contributed by atoms with E-state index in [1.807, 2.05) is 0 Å². The van der Waals surface area contributed by atoms with Crippen LogP contribution in [0.4, 0.5) is 0 Å². The lowest BCUT2D eigenvalue weighted by molar-refractivity contribution is -0.127. The van der Waals surface area contributed by atoms with Crippen LogP contribution in [0.25, 0.3) is 0 Å². The van der Waals surface area contributed by atoms with E-state index < -0.39 is 10.0 Å². The molecule has 1 N–H and O–H groups in total. The van der Waals surface area contributed by atoms with Crippen molar-refractivity contribution in [2.24, 2.45) is 5.92 Å². The first-order valence-corrected chi connectivity index (χ1v) is 12.7. The molecule has 2 fully saturated rings. The number of amides is 1. The second kappa shape index (κ2) is 9.56. The molecule has 1 saturated carbocycles. The summed E-state index contributed by atoms with van der Waals surface area (Å²) in [6.07, 6.45) is 9.40. The molecule has 1 amide bonds. The minimum Gasteiger partial charge on any atom is -0.486 e.